The maximum absolute atomic E-state index is 12.5. The highest BCUT2D eigenvalue weighted by Gasteiger charge is 2.29. The van der Waals surface area contributed by atoms with Crippen molar-refractivity contribution in [3.63, 3.8) is 0 Å². The third kappa shape index (κ3) is 2.93. The predicted molar refractivity (Wildman–Crippen MR) is 89.0 cm³/mol. The number of nitrogen functional groups attached to an aromatic ring is 1. The van der Waals surface area contributed by atoms with E-state index in [4.69, 9.17) is 5.73 Å². The van der Waals surface area contributed by atoms with Crippen molar-refractivity contribution in [2.45, 2.75) is 51.6 Å². The lowest BCUT2D eigenvalue weighted by Gasteiger charge is -2.28. The fourth-order valence-electron chi connectivity index (χ4n) is 3.13. The number of aromatic nitrogens is 3. The summed E-state index contributed by atoms with van der Waals surface area (Å²) >= 11 is 0. The first-order valence-electron chi connectivity index (χ1n) is 7.96. The zero-order valence-corrected chi connectivity index (χ0v) is 13.8. The zero-order valence-electron chi connectivity index (χ0n) is 13.8. The molecule has 2 aromatic rings. The van der Waals surface area contributed by atoms with E-state index in [-0.39, 0.29) is 23.3 Å². The number of amides is 1. The van der Waals surface area contributed by atoms with Crippen LogP contribution >= 0.6 is 0 Å². The first kappa shape index (κ1) is 15.5. The van der Waals surface area contributed by atoms with Crippen LogP contribution in [0.4, 0.5) is 5.82 Å². The van der Waals surface area contributed by atoms with Gasteiger partial charge in [0.05, 0.1) is 23.3 Å². The number of nitrogens with zero attached hydrogens (tertiary/aromatic N) is 3. The van der Waals surface area contributed by atoms with Gasteiger partial charge in [0.25, 0.3) is 5.91 Å². The van der Waals surface area contributed by atoms with Crippen LogP contribution in [0, 0.1) is 0 Å². The van der Waals surface area contributed by atoms with E-state index >= 15 is 0 Å². The minimum Gasteiger partial charge on any atom is -0.383 e. The Morgan fingerprint density at radius 3 is 2.91 bits per heavy atom. The van der Waals surface area contributed by atoms with Crippen molar-refractivity contribution >= 4 is 11.7 Å². The Kier molecular flexibility index (Phi) is 3.83. The van der Waals surface area contributed by atoms with E-state index in [2.05, 4.69) is 40.9 Å². The standard InChI is InChI=1S/C17H23N5O/c1-17(2,3)22-14-8-4-7-13(12(14)10-20-22)21-16(23)11-6-5-9-19-15(11)18/h5-6,9-10,13H,4,7-8H2,1-3H3,(H2,18,19)(H,21,23). The number of nitrogens with one attached hydrogen (secondary N) is 1. The van der Waals surface area contributed by atoms with Crippen molar-refractivity contribution in [2.75, 3.05) is 5.73 Å². The number of rotatable bonds is 2. The maximum Gasteiger partial charge on any atom is 0.255 e. The Hall–Kier alpha value is -2.37. The maximum atomic E-state index is 12.5. The van der Waals surface area contributed by atoms with Crippen molar-refractivity contribution in [3.05, 3.63) is 41.3 Å². The molecule has 0 saturated carbocycles. The van der Waals surface area contributed by atoms with Gasteiger partial charge in [-0.05, 0) is 52.2 Å². The fourth-order valence-corrected chi connectivity index (χ4v) is 3.13. The summed E-state index contributed by atoms with van der Waals surface area (Å²) < 4.78 is 2.07. The van der Waals surface area contributed by atoms with Gasteiger partial charge in [-0.25, -0.2) is 4.98 Å². The molecule has 1 amide bonds. The smallest absolute Gasteiger partial charge is 0.255 e. The van der Waals surface area contributed by atoms with E-state index in [0.717, 1.165) is 24.8 Å². The molecule has 1 aliphatic carbocycles. The molecule has 3 N–H and O–H groups in total. The van der Waals surface area contributed by atoms with Gasteiger partial charge < -0.3 is 11.1 Å². The predicted octanol–water partition coefficient (Wildman–Crippen LogP) is 2.42. The van der Waals surface area contributed by atoms with Gasteiger partial charge in [-0.2, -0.15) is 5.10 Å². The SMILES string of the molecule is CC(C)(C)n1ncc2c1CCCC2NC(=O)c1cccnc1N. The van der Waals surface area contributed by atoms with Gasteiger partial charge in [-0.1, -0.05) is 0 Å². The minimum absolute atomic E-state index is 0.0260. The average molecular weight is 313 g/mol. The number of anilines is 1. The van der Waals surface area contributed by atoms with E-state index in [0.29, 0.717) is 5.56 Å². The van der Waals surface area contributed by atoms with Crippen LogP contribution in [0.1, 0.15) is 61.3 Å². The van der Waals surface area contributed by atoms with Crippen LogP contribution in [0.3, 0.4) is 0 Å². The molecular formula is C17H23N5O. The van der Waals surface area contributed by atoms with Gasteiger partial charge in [-0.15, -0.1) is 0 Å². The van der Waals surface area contributed by atoms with Gasteiger partial charge in [-0.3, -0.25) is 9.48 Å². The second-order valence-electron chi connectivity index (χ2n) is 6.98. The molecule has 0 aliphatic heterocycles. The molecule has 3 rings (SSSR count). The number of nitrogens with two attached hydrogens (primary N) is 1. The Labute approximate surface area is 136 Å². The first-order valence-corrected chi connectivity index (χ1v) is 7.96. The van der Waals surface area contributed by atoms with Crippen LogP contribution in [-0.2, 0) is 12.0 Å². The lowest BCUT2D eigenvalue weighted by Crippen LogP contribution is -2.33. The van der Waals surface area contributed by atoms with Crippen LogP contribution in [0.5, 0.6) is 0 Å². The monoisotopic (exact) mass is 313 g/mol. The van der Waals surface area contributed by atoms with Gasteiger partial charge in [0.1, 0.15) is 5.82 Å². The molecule has 0 saturated heterocycles. The quantitative estimate of drug-likeness (QED) is 0.891. The summed E-state index contributed by atoms with van der Waals surface area (Å²) in [6.45, 7) is 6.41. The van der Waals surface area contributed by atoms with Gasteiger partial charge in [0.15, 0.2) is 0 Å². The van der Waals surface area contributed by atoms with Crippen LogP contribution < -0.4 is 11.1 Å². The number of carbonyl (C=O) groups excluding carboxylic acids is 1. The molecular weight excluding hydrogens is 290 g/mol. The molecule has 1 aliphatic rings. The summed E-state index contributed by atoms with van der Waals surface area (Å²) in [4.78, 5) is 16.5. The molecule has 122 valence electrons. The molecule has 6 nitrogen and oxygen atoms in total. The van der Waals surface area contributed by atoms with Crippen molar-refractivity contribution in [1.82, 2.24) is 20.1 Å². The summed E-state index contributed by atoms with van der Waals surface area (Å²) in [5, 5.41) is 7.63. The molecule has 23 heavy (non-hydrogen) atoms. The number of pyridine rings is 1. The first-order chi connectivity index (χ1) is 10.9. The van der Waals surface area contributed by atoms with Crippen LogP contribution in [-0.4, -0.2) is 20.7 Å². The minimum atomic E-state index is -0.183. The van der Waals surface area contributed by atoms with Crippen LogP contribution in [0.25, 0.3) is 0 Å². The summed E-state index contributed by atoms with van der Waals surface area (Å²) in [6, 6.07) is 3.39. The molecule has 1 unspecified atom stereocenters. The Bertz CT molecular complexity index is 729. The molecule has 0 radical (unpaired) electrons. The van der Waals surface area contributed by atoms with Crippen LogP contribution in [0.15, 0.2) is 24.5 Å². The Morgan fingerprint density at radius 1 is 1.43 bits per heavy atom. The van der Waals surface area contributed by atoms with Crippen LogP contribution in [0.2, 0.25) is 0 Å². The van der Waals surface area contributed by atoms with Crippen molar-refractivity contribution in [2.24, 2.45) is 0 Å². The van der Waals surface area contributed by atoms with Crippen molar-refractivity contribution < 1.29 is 4.79 Å². The van der Waals surface area contributed by atoms with Gasteiger partial charge in [0, 0.05) is 17.5 Å². The highest BCUT2D eigenvalue weighted by atomic mass is 16.1. The van der Waals surface area contributed by atoms with E-state index in [1.165, 1.54) is 5.69 Å². The van der Waals surface area contributed by atoms with Gasteiger partial charge in [0.2, 0.25) is 0 Å². The van der Waals surface area contributed by atoms with Gasteiger partial charge >= 0.3 is 0 Å². The van der Waals surface area contributed by atoms with E-state index in [1.54, 1.807) is 18.3 Å². The lowest BCUT2D eigenvalue weighted by atomic mass is 9.92. The molecule has 0 spiro atoms. The molecule has 0 fully saturated rings. The summed E-state index contributed by atoms with van der Waals surface area (Å²) in [5.41, 5.74) is 8.48. The average Bonchev–Trinajstić information content (AvgIpc) is 2.92. The molecule has 1 atom stereocenters. The number of hydrogen-bond donors (Lipinski definition) is 2. The van der Waals surface area contributed by atoms with E-state index in [1.807, 2.05) is 6.20 Å². The van der Waals surface area contributed by atoms with Crippen molar-refractivity contribution in [1.29, 1.82) is 0 Å². The fraction of sp³-hybridized carbons (Fsp3) is 0.471. The van der Waals surface area contributed by atoms with E-state index in [9.17, 15) is 4.79 Å². The third-order valence-electron chi connectivity index (χ3n) is 4.21. The Morgan fingerprint density at radius 2 is 2.22 bits per heavy atom. The summed E-state index contributed by atoms with van der Waals surface area (Å²) in [5.74, 6) is 0.0726. The second-order valence-corrected chi connectivity index (χ2v) is 6.98. The number of fused-ring (bicyclic) bond motifs is 1. The second kappa shape index (κ2) is 5.68. The zero-order chi connectivity index (χ0) is 16.6. The number of hydrogen-bond acceptors (Lipinski definition) is 4. The highest BCUT2D eigenvalue weighted by molar-refractivity contribution is 5.98. The Balaban J connectivity index is 1.86. The lowest BCUT2D eigenvalue weighted by molar-refractivity contribution is 0.0933. The topological polar surface area (TPSA) is 85.8 Å². The third-order valence-corrected chi connectivity index (χ3v) is 4.21. The molecule has 2 aromatic heterocycles. The molecule has 6 heteroatoms. The summed E-state index contributed by atoms with van der Waals surface area (Å²) in [7, 11) is 0. The summed E-state index contributed by atoms with van der Waals surface area (Å²) in [6.07, 6.45) is 6.40. The molecule has 2 heterocycles. The van der Waals surface area contributed by atoms with E-state index < -0.39 is 0 Å². The normalized spacial score (nSPS) is 17.6. The highest BCUT2D eigenvalue weighted by Crippen LogP contribution is 2.32. The number of carbonyl (C=O) groups is 1. The molecule has 0 aromatic carbocycles. The van der Waals surface area contributed by atoms with Crippen molar-refractivity contribution in [3.8, 4) is 0 Å². The molecule has 0 bridgehead atoms. The largest absolute Gasteiger partial charge is 0.383 e.